The Bertz CT molecular complexity index is 528. The summed E-state index contributed by atoms with van der Waals surface area (Å²) in [6.07, 6.45) is 5.01. The molecule has 1 aliphatic carbocycles. The van der Waals surface area contributed by atoms with E-state index in [1.165, 1.54) is 25.7 Å². The van der Waals surface area contributed by atoms with Crippen molar-refractivity contribution in [2.75, 3.05) is 7.05 Å². The fourth-order valence-electron chi connectivity index (χ4n) is 2.73. The van der Waals surface area contributed by atoms with Crippen molar-refractivity contribution < 1.29 is 0 Å². The molecule has 1 aliphatic rings. The van der Waals surface area contributed by atoms with E-state index < -0.39 is 0 Å². The van der Waals surface area contributed by atoms with Crippen molar-refractivity contribution in [1.82, 2.24) is 10.6 Å². The number of nitrogens with zero attached hydrogens (tertiary/aromatic N) is 2. The minimum absolute atomic E-state index is 0. The van der Waals surface area contributed by atoms with Crippen LogP contribution in [0.15, 0.2) is 29.3 Å². The van der Waals surface area contributed by atoms with Gasteiger partial charge < -0.3 is 10.6 Å². The monoisotopic (exact) mass is 412 g/mol. The lowest BCUT2D eigenvalue weighted by atomic mass is 9.87. The van der Waals surface area contributed by atoms with E-state index in [1.54, 1.807) is 7.05 Å². The Labute approximate surface area is 150 Å². The minimum Gasteiger partial charge on any atom is -0.354 e. The minimum atomic E-state index is 0. The van der Waals surface area contributed by atoms with Crippen molar-refractivity contribution in [3.63, 3.8) is 0 Å². The third-order valence-electron chi connectivity index (χ3n) is 4.10. The fraction of sp³-hybridized carbons (Fsp3) is 0.529. The highest BCUT2D eigenvalue weighted by Crippen LogP contribution is 2.23. The zero-order valence-corrected chi connectivity index (χ0v) is 15.6. The highest BCUT2D eigenvalue weighted by molar-refractivity contribution is 14.0. The van der Waals surface area contributed by atoms with E-state index in [0.29, 0.717) is 18.2 Å². The molecule has 0 radical (unpaired) electrons. The van der Waals surface area contributed by atoms with Gasteiger partial charge in [-0.2, -0.15) is 5.26 Å². The summed E-state index contributed by atoms with van der Waals surface area (Å²) >= 11 is 0. The van der Waals surface area contributed by atoms with E-state index in [1.807, 2.05) is 24.3 Å². The predicted octanol–water partition coefficient (Wildman–Crippen LogP) is 3.42. The van der Waals surface area contributed by atoms with E-state index in [4.69, 9.17) is 5.26 Å². The van der Waals surface area contributed by atoms with Gasteiger partial charge in [-0.3, -0.25) is 4.99 Å². The van der Waals surface area contributed by atoms with Gasteiger partial charge >= 0.3 is 0 Å². The second-order valence-corrected chi connectivity index (χ2v) is 5.84. The molecule has 2 rings (SSSR count). The van der Waals surface area contributed by atoms with E-state index in [2.05, 4.69) is 28.6 Å². The second kappa shape index (κ2) is 9.67. The maximum atomic E-state index is 8.92. The lowest BCUT2D eigenvalue weighted by Gasteiger charge is -2.28. The van der Waals surface area contributed by atoms with Crippen molar-refractivity contribution in [3.8, 4) is 6.07 Å². The van der Waals surface area contributed by atoms with Crippen LogP contribution < -0.4 is 10.6 Å². The summed E-state index contributed by atoms with van der Waals surface area (Å²) in [5.74, 6) is 1.70. The first-order valence-corrected chi connectivity index (χ1v) is 7.67. The molecule has 22 heavy (non-hydrogen) atoms. The molecule has 1 saturated carbocycles. The van der Waals surface area contributed by atoms with Crippen LogP contribution in [0.25, 0.3) is 0 Å². The van der Waals surface area contributed by atoms with Gasteiger partial charge in [0.1, 0.15) is 0 Å². The molecular formula is C17H25IN4. The van der Waals surface area contributed by atoms with Crippen LogP contribution in [0.1, 0.15) is 43.7 Å². The molecule has 1 aromatic rings. The third-order valence-corrected chi connectivity index (χ3v) is 4.10. The van der Waals surface area contributed by atoms with Crippen molar-refractivity contribution in [1.29, 1.82) is 5.26 Å². The van der Waals surface area contributed by atoms with Crippen molar-refractivity contribution in [2.45, 2.75) is 45.2 Å². The molecule has 0 heterocycles. The first kappa shape index (κ1) is 18.8. The van der Waals surface area contributed by atoms with Crippen LogP contribution in [0.3, 0.4) is 0 Å². The summed E-state index contributed by atoms with van der Waals surface area (Å²) in [6, 6.07) is 10.3. The van der Waals surface area contributed by atoms with Crippen LogP contribution in [-0.2, 0) is 6.54 Å². The lowest BCUT2D eigenvalue weighted by Crippen LogP contribution is -2.44. The molecule has 0 bridgehead atoms. The average molecular weight is 412 g/mol. The number of guanidine groups is 1. The SMILES string of the molecule is CN=C(NCc1cccc(C#N)c1)NC1CCC(C)CC1.I. The molecule has 0 spiro atoms. The zero-order valence-electron chi connectivity index (χ0n) is 13.3. The summed E-state index contributed by atoms with van der Waals surface area (Å²) < 4.78 is 0. The van der Waals surface area contributed by atoms with Gasteiger partial charge in [0.2, 0.25) is 0 Å². The van der Waals surface area contributed by atoms with Gasteiger partial charge in [-0.15, -0.1) is 24.0 Å². The Hall–Kier alpha value is -1.29. The normalized spacial score (nSPS) is 21.4. The maximum absolute atomic E-state index is 8.92. The Morgan fingerprint density at radius 2 is 2.05 bits per heavy atom. The van der Waals surface area contributed by atoms with Gasteiger partial charge in [0.25, 0.3) is 0 Å². The molecule has 5 heteroatoms. The topological polar surface area (TPSA) is 60.2 Å². The fourth-order valence-corrected chi connectivity index (χ4v) is 2.73. The lowest BCUT2D eigenvalue weighted by molar-refractivity contribution is 0.329. The van der Waals surface area contributed by atoms with Gasteiger partial charge in [-0.25, -0.2) is 0 Å². The van der Waals surface area contributed by atoms with E-state index >= 15 is 0 Å². The number of rotatable bonds is 3. The summed E-state index contributed by atoms with van der Waals surface area (Å²) in [5, 5.41) is 15.7. The molecule has 0 amide bonds. The second-order valence-electron chi connectivity index (χ2n) is 5.84. The molecular weight excluding hydrogens is 387 g/mol. The molecule has 2 N–H and O–H groups in total. The highest BCUT2D eigenvalue weighted by Gasteiger charge is 2.18. The van der Waals surface area contributed by atoms with Crippen LogP contribution in [0.5, 0.6) is 0 Å². The van der Waals surface area contributed by atoms with Crippen LogP contribution >= 0.6 is 24.0 Å². The molecule has 120 valence electrons. The summed E-state index contributed by atoms with van der Waals surface area (Å²) in [6.45, 7) is 3.00. The summed E-state index contributed by atoms with van der Waals surface area (Å²) in [5.41, 5.74) is 1.78. The number of benzene rings is 1. The van der Waals surface area contributed by atoms with E-state index in [9.17, 15) is 0 Å². The maximum Gasteiger partial charge on any atom is 0.191 e. The number of nitriles is 1. The van der Waals surface area contributed by atoms with Crippen molar-refractivity contribution >= 4 is 29.9 Å². The smallest absolute Gasteiger partial charge is 0.191 e. The summed E-state index contributed by atoms with van der Waals surface area (Å²) in [4.78, 5) is 4.29. The number of nitrogens with one attached hydrogen (secondary N) is 2. The van der Waals surface area contributed by atoms with E-state index in [-0.39, 0.29) is 24.0 Å². The van der Waals surface area contributed by atoms with E-state index in [0.717, 1.165) is 17.4 Å². The summed E-state index contributed by atoms with van der Waals surface area (Å²) in [7, 11) is 1.80. The molecule has 0 unspecified atom stereocenters. The van der Waals surface area contributed by atoms with Gasteiger partial charge in [-0.05, 0) is 49.3 Å². The number of hydrogen-bond donors (Lipinski definition) is 2. The van der Waals surface area contributed by atoms with Gasteiger partial charge in [0, 0.05) is 19.6 Å². The molecule has 0 atom stereocenters. The van der Waals surface area contributed by atoms with Crippen molar-refractivity contribution in [2.24, 2.45) is 10.9 Å². The molecule has 0 aliphatic heterocycles. The van der Waals surface area contributed by atoms with Gasteiger partial charge in [-0.1, -0.05) is 19.1 Å². The van der Waals surface area contributed by atoms with Crippen LogP contribution in [0, 0.1) is 17.2 Å². The molecule has 0 saturated heterocycles. The third kappa shape index (κ3) is 5.84. The average Bonchev–Trinajstić information content (AvgIpc) is 2.53. The van der Waals surface area contributed by atoms with Crippen LogP contribution in [-0.4, -0.2) is 19.0 Å². The first-order valence-electron chi connectivity index (χ1n) is 7.67. The molecule has 4 nitrogen and oxygen atoms in total. The van der Waals surface area contributed by atoms with Crippen molar-refractivity contribution in [3.05, 3.63) is 35.4 Å². The standard InChI is InChI=1S/C17H24N4.HI/c1-13-6-8-16(9-7-13)21-17(19-2)20-12-15-5-3-4-14(10-15)11-18;/h3-5,10,13,16H,6-9,12H2,1-2H3,(H2,19,20,21);1H. The predicted molar refractivity (Wildman–Crippen MR) is 101 cm³/mol. The van der Waals surface area contributed by atoms with Gasteiger partial charge in [0.15, 0.2) is 5.96 Å². The molecule has 1 aromatic carbocycles. The number of hydrogen-bond acceptors (Lipinski definition) is 2. The number of halogens is 1. The Morgan fingerprint density at radius 1 is 1.32 bits per heavy atom. The highest BCUT2D eigenvalue weighted by atomic mass is 127. The molecule has 1 fully saturated rings. The quantitative estimate of drug-likeness (QED) is 0.455. The van der Waals surface area contributed by atoms with Crippen LogP contribution in [0.4, 0.5) is 0 Å². The largest absolute Gasteiger partial charge is 0.354 e. The Balaban J connectivity index is 0.00000242. The Kier molecular flexibility index (Phi) is 8.25. The van der Waals surface area contributed by atoms with Gasteiger partial charge in [0.05, 0.1) is 11.6 Å². The number of aliphatic imine (C=N–C) groups is 1. The zero-order chi connectivity index (χ0) is 15.1. The Morgan fingerprint density at radius 3 is 2.68 bits per heavy atom. The molecule has 0 aromatic heterocycles. The first-order chi connectivity index (χ1) is 10.2. The van der Waals surface area contributed by atoms with Crippen LogP contribution in [0.2, 0.25) is 0 Å².